The first-order chi connectivity index (χ1) is 6.77. The maximum absolute atomic E-state index is 5.43. The number of thiophene rings is 1. The second-order valence-electron chi connectivity index (χ2n) is 2.76. The summed E-state index contributed by atoms with van der Waals surface area (Å²) in [5, 5.41) is 3.28. The first kappa shape index (κ1) is 10.3. The SMILES string of the molecule is COc1c(SC)cc(Br)c2sccc12. The molecule has 0 bridgehead atoms. The summed E-state index contributed by atoms with van der Waals surface area (Å²) >= 11 is 7.00. The highest BCUT2D eigenvalue weighted by atomic mass is 79.9. The molecule has 0 atom stereocenters. The van der Waals surface area contributed by atoms with E-state index >= 15 is 0 Å². The number of benzene rings is 1. The average molecular weight is 289 g/mol. The Kier molecular flexibility index (Phi) is 3.04. The molecule has 4 heteroatoms. The number of thioether (sulfide) groups is 1. The summed E-state index contributed by atoms with van der Waals surface area (Å²) in [6.45, 7) is 0. The van der Waals surface area contributed by atoms with E-state index in [-0.39, 0.29) is 0 Å². The van der Waals surface area contributed by atoms with E-state index in [1.807, 2.05) is 0 Å². The fourth-order valence-corrected chi connectivity index (χ4v) is 3.70. The maximum atomic E-state index is 5.43. The summed E-state index contributed by atoms with van der Waals surface area (Å²) < 4.78 is 7.82. The van der Waals surface area contributed by atoms with Gasteiger partial charge in [-0.05, 0) is 39.7 Å². The second-order valence-corrected chi connectivity index (χ2v) is 5.38. The topological polar surface area (TPSA) is 9.23 Å². The predicted octanol–water partition coefficient (Wildman–Crippen LogP) is 4.39. The van der Waals surface area contributed by atoms with E-state index in [0.717, 1.165) is 10.2 Å². The number of methoxy groups -OCH3 is 1. The quantitative estimate of drug-likeness (QED) is 0.758. The Labute approximate surface area is 99.6 Å². The molecule has 0 saturated carbocycles. The molecule has 74 valence electrons. The Bertz CT molecular complexity index is 464. The third-order valence-corrected chi connectivity index (χ3v) is 4.61. The van der Waals surface area contributed by atoms with Gasteiger partial charge in [-0.25, -0.2) is 0 Å². The molecule has 0 radical (unpaired) electrons. The summed E-state index contributed by atoms with van der Waals surface area (Å²) in [5.74, 6) is 0.983. The van der Waals surface area contributed by atoms with Gasteiger partial charge >= 0.3 is 0 Å². The van der Waals surface area contributed by atoms with Crippen molar-refractivity contribution in [3.63, 3.8) is 0 Å². The van der Waals surface area contributed by atoms with Crippen molar-refractivity contribution in [2.45, 2.75) is 4.90 Å². The van der Waals surface area contributed by atoms with Crippen molar-refractivity contribution in [1.29, 1.82) is 0 Å². The number of fused-ring (bicyclic) bond motifs is 1. The smallest absolute Gasteiger partial charge is 0.141 e. The number of ether oxygens (including phenoxy) is 1. The zero-order chi connectivity index (χ0) is 10.1. The highest BCUT2D eigenvalue weighted by molar-refractivity contribution is 9.10. The van der Waals surface area contributed by atoms with Gasteiger partial charge in [0, 0.05) is 9.86 Å². The number of hydrogen-bond donors (Lipinski definition) is 0. The van der Waals surface area contributed by atoms with Crippen LogP contribution in [0.15, 0.2) is 26.9 Å². The molecular formula is C10H9BrOS2. The Morgan fingerprint density at radius 2 is 2.29 bits per heavy atom. The third kappa shape index (κ3) is 1.55. The Hall–Kier alpha value is -0.190. The minimum Gasteiger partial charge on any atom is -0.495 e. The Balaban J connectivity index is 2.82. The molecule has 0 aliphatic rings. The predicted molar refractivity (Wildman–Crippen MR) is 67.9 cm³/mol. The van der Waals surface area contributed by atoms with E-state index in [9.17, 15) is 0 Å². The van der Waals surface area contributed by atoms with Crippen molar-refractivity contribution in [2.75, 3.05) is 13.4 Å². The van der Waals surface area contributed by atoms with E-state index in [2.05, 4.69) is 39.7 Å². The molecule has 0 aliphatic carbocycles. The molecule has 2 aromatic rings. The largest absolute Gasteiger partial charge is 0.495 e. The van der Waals surface area contributed by atoms with Crippen molar-refractivity contribution in [3.8, 4) is 5.75 Å². The van der Waals surface area contributed by atoms with Gasteiger partial charge in [0.05, 0.1) is 16.7 Å². The van der Waals surface area contributed by atoms with Crippen molar-refractivity contribution in [1.82, 2.24) is 0 Å². The van der Waals surface area contributed by atoms with Gasteiger partial charge in [-0.1, -0.05) is 0 Å². The molecule has 1 nitrogen and oxygen atoms in total. The molecule has 0 N–H and O–H groups in total. The Morgan fingerprint density at radius 3 is 2.93 bits per heavy atom. The molecular weight excluding hydrogens is 280 g/mol. The lowest BCUT2D eigenvalue weighted by molar-refractivity contribution is 0.410. The molecule has 1 heterocycles. The molecule has 0 saturated heterocycles. The van der Waals surface area contributed by atoms with Gasteiger partial charge in [-0.2, -0.15) is 0 Å². The fraction of sp³-hybridized carbons (Fsp3) is 0.200. The molecule has 14 heavy (non-hydrogen) atoms. The molecule has 0 unspecified atom stereocenters. The molecule has 1 aromatic carbocycles. The van der Waals surface area contributed by atoms with Crippen LogP contribution in [0.5, 0.6) is 5.75 Å². The molecule has 2 rings (SSSR count). The first-order valence-corrected chi connectivity index (χ1v) is 6.95. The molecule has 1 aromatic heterocycles. The molecule has 0 aliphatic heterocycles. The lowest BCUT2D eigenvalue weighted by atomic mass is 10.2. The van der Waals surface area contributed by atoms with Gasteiger partial charge in [0.15, 0.2) is 0 Å². The average Bonchev–Trinajstić information content (AvgIpc) is 2.66. The van der Waals surface area contributed by atoms with E-state index in [1.165, 1.54) is 15.0 Å². The fourth-order valence-electron chi connectivity index (χ4n) is 1.41. The van der Waals surface area contributed by atoms with Crippen LogP contribution in [0.1, 0.15) is 0 Å². The maximum Gasteiger partial charge on any atom is 0.141 e. The summed E-state index contributed by atoms with van der Waals surface area (Å²) in [6.07, 6.45) is 2.06. The third-order valence-electron chi connectivity index (χ3n) is 2.03. The van der Waals surface area contributed by atoms with Crippen LogP contribution < -0.4 is 4.74 Å². The van der Waals surface area contributed by atoms with E-state index in [4.69, 9.17) is 4.74 Å². The molecule has 0 fully saturated rings. The zero-order valence-corrected chi connectivity index (χ0v) is 11.1. The van der Waals surface area contributed by atoms with Crippen molar-refractivity contribution >= 4 is 49.1 Å². The van der Waals surface area contributed by atoms with Gasteiger partial charge in [0.25, 0.3) is 0 Å². The molecule has 0 amide bonds. The van der Waals surface area contributed by atoms with Crippen molar-refractivity contribution in [3.05, 3.63) is 22.0 Å². The van der Waals surface area contributed by atoms with Crippen LogP contribution in [-0.2, 0) is 0 Å². The normalized spacial score (nSPS) is 10.8. The first-order valence-electron chi connectivity index (χ1n) is 4.05. The van der Waals surface area contributed by atoms with Crippen LogP contribution in [0.4, 0.5) is 0 Å². The Morgan fingerprint density at radius 1 is 1.50 bits per heavy atom. The summed E-state index contributed by atoms with van der Waals surface area (Å²) in [7, 11) is 1.72. The summed E-state index contributed by atoms with van der Waals surface area (Å²) in [6, 6.07) is 4.21. The number of halogens is 1. The van der Waals surface area contributed by atoms with Crippen LogP contribution >= 0.6 is 39.0 Å². The highest BCUT2D eigenvalue weighted by Crippen LogP contribution is 2.41. The minimum absolute atomic E-state index is 0.983. The van der Waals surface area contributed by atoms with E-state index in [0.29, 0.717) is 0 Å². The monoisotopic (exact) mass is 288 g/mol. The van der Waals surface area contributed by atoms with Crippen LogP contribution in [0.3, 0.4) is 0 Å². The van der Waals surface area contributed by atoms with Crippen LogP contribution in [0, 0.1) is 0 Å². The number of hydrogen-bond acceptors (Lipinski definition) is 3. The van der Waals surface area contributed by atoms with Crippen molar-refractivity contribution < 1.29 is 4.74 Å². The van der Waals surface area contributed by atoms with Gasteiger partial charge in [-0.15, -0.1) is 23.1 Å². The van der Waals surface area contributed by atoms with Gasteiger partial charge < -0.3 is 4.74 Å². The van der Waals surface area contributed by atoms with Crippen LogP contribution in [0.2, 0.25) is 0 Å². The summed E-state index contributed by atoms with van der Waals surface area (Å²) in [4.78, 5) is 1.17. The van der Waals surface area contributed by atoms with Crippen molar-refractivity contribution in [2.24, 2.45) is 0 Å². The lowest BCUT2D eigenvalue weighted by Gasteiger charge is -2.08. The number of rotatable bonds is 2. The van der Waals surface area contributed by atoms with Gasteiger partial charge in [0.1, 0.15) is 5.75 Å². The minimum atomic E-state index is 0.983. The zero-order valence-electron chi connectivity index (χ0n) is 7.83. The lowest BCUT2D eigenvalue weighted by Crippen LogP contribution is -1.86. The second kappa shape index (κ2) is 4.13. The van der Waals surface area contributed by atoms with Crippen LogP contribution in [0.25, 0.3) is 10.1 Å². The van der Waals surface area contributed by atoms with E-state index in [1.54, 1.807) is 30.2 Å². The van der Waals surface area contributed by atoms with Crippen LogP contribution in [-0.4, -0.2) is 13.4 Å². The standard InChI is InChI=1S/C10H9BrOS2/c1-12-9-6-3-4-14-10(6)7(11)5-8(9)13-2/h3-5H,1-2H3. The summed E-state index contributed by atoms with van der Waals surface area (Å²) in [5.41, 5.74) is 0. The highest BCUT2D eigenvalue weighted by Gasteiger charge is 2.11. The van der Waals surface area contributed by atoms with Gasteiger partial charge in [-0.3, -0.25) is 0 Å². The van der Waals surface area contributed by atoms with Gasteiger partial charge in [0.2, 0.25) is 0 Å². The van der Waals surface area contributed by atoms with E-state index < -0.39 is 0 Å². The molecule has 0 spiro atoms.